The van der Waals surface area contributed by atoms with Crippen molar-refractivity contribution in [3.05, 3.63) is 29.8 Å². The van der Waals surface area contributed by atoms with Gasteiger partial charge < -0.3 is 9.47 Å². The Kier molecular flexibility index (Phi) is 4.59. The van der Waals surface area contributed by atoms with Crippen LogP contribution in [0.3, 0.4) is 0 Å². The molecule has 1 aromatic rings. The maximum absolute atomic E-state index is 5.67. The third kappa shape index (κ3) is 3.11. The van der Waals surface area contributed by atoms with E-state index >= 15 is 0 Å². The minimum Gasteiger partial charge on any atom is -0.497 e. The summed E-state index contributed by atoms with van der Waals surface area (Å²) in [5, 5.41) is 3.36. The second-order valence-electron chi connectivity index (χ2n) is 4.03. The predicted molar refractivity (Wildman–Crippen MR) is 66.3 cm³/mol. The highest BCUT2D eigenvalue weighted by Crippen LogP contribution is 2.21. The van der Waals surface area contributed by atoms with Gasteiger partial charge in [0, 0.05) is 13.0 Å². The first-order valence-electron chi connectivity index (χ1n) is 5.24. The molecule has 1 aliphatic rings. The number of methoxy groups -OCH3 is 1. The first-order valence-corrected chi connectivity index (χ1v) is 5.24. The number of hydrogen-bond donors (Lipinski definition) is 1. The summed E-state index contributed by atoms with van der Waals surface area (Å²) in [5.74, 6) is 0.897. The number of rotatable bonds is 3. The summed E-state index contributed by atoms with van der Waals surface area (Å²) < 4.78 is 10.9. The van der Waals surface area contributed by atoms with E-state index in [1.165, 1.54) is 5.56 Å². The van der Waals surface area contributed by atoms with E-state index in [0.29, 0.717) is 0 Å². The van der Waals surface area contributed by atoms with Gasteiger partial charge >= 0.3 is 0 Å². The Morgan fingerprint density at radius 2 is 2.31 bits per heavy atom. The molecule has 1 fully saturated rings. The van der Waals surface area contributed by atoms with Crippen LogP contribution in [0.4, 0.5) is 0 Å². The van der Waals surface area contributed by atoms with Crippen LogP contribution < -0.4 is 10.1 Å². The van der Waals surface area contributed by atoms with Crippen molar-refractivity contribution in [2.75, 3.05) is 20.3 Å². The van der Waals surface area contributed by atoms with Gasteiger partial charge in [-0.2, -0.15) is 0 Å². The lowest BCUT2D eigenvalue weighted by Crippen LogP contribution is -2.39. The molecule has 1 aromatic carbocycles. The van der Waals surface area contributed by atoms with Crippen molar-refractivity contribution in [3.8, 4) is 5.75 Å². The summed E-state index contributed by atoms with van der Waals surface area (Å²) in [5.41, 5.74) is 1.01. The molecule has 4 heteroatoms. The van der Waals surface area contributed by atoms with E-state index in [2.05, 4.69) is 24.4 Å². The van der Waals surface area contributed by atoms with Crippen molar-refractivity contribution in [3.63, 3.8) is 0 Å². The predicted octanol–water partition coefficient (Wildman–Crippen LogP) is 2.00. The summed E-state index contributed by atoms with van der Waals surface area (Å²) >= 11 is 0. The quantitative estimate of drug-likeness (QED) is 0.881. The van der Waals surface area contributed by atoms with E-state index in [0.717, 1.165) is 25.3 Å². The lowest BCUT2D eigenvalue weighted by atomic mass is 10.0. The van der Waals surface area contributed by atoms with E-state index < -0.39 is 0 Å². The van der Waals surface area contributed by atoms with Gasteiger partial charge in [0.25, 0.3) is 0 Å². The Morgan fingerprint density at radius 3 is 2.94 bits per heavy atom. The molecule has 2 rings (SSSR count). The van der Waals surface area contributed by atoms with Crippen LogP contribution in [0.15, 0.2) is 24.3 Å². The number of ether oxygens (including phenoxy) is 2. The number of nitrogens with one attached hydrogen (secondary N) is 1. The Labute approximate surface area is 103 Å². The Morgan fingerprint density at radius 1 is 1.50 bits per heavy atom. The summed E-state index contributed by atoms with van der Waals surface area (Å²) in [7, 11) is 1.69. The lowest BCUT2D eigenvalue weighted by molar-refractivity contribution is 0.00700. The van der Waals surface area contributed by atoms with Gasteiger partial charge in [-0.1, -0.05) is 12.1 Å². The van der Waals surface area contributed by atoms with Crippen LogP contribution in [0.25, 0.3) is 0 Å². The third-order valence-corrected chi connectivity index (χ3v) is 2.70. The molecular formula is C12H18ClNO2. The molecule has 0 radical (unpaired) electrons. The molecule has 0 bridgehead atoms. The largest absolute Gasteiger partial charge is 0.497 e. The standard InChI is InChI=1S/C12H17NO2.ClH/c1-12(13-6-7-15-12)9-10-4-3-5-11(8-10)14-2;/h3-5,8,13H,6-7,9H2,1-2H3;1H. The van der Waals surface area contributed by atoms with Gasteiger partial charge in [-0.15, -0.1) is 12.4 Å². The molecule has 1 heterocycles. The van der Waals surface area contributed by atoms with Crippen LogP contribution in [0.1, 0.15) is 12.5 Å². The molecule has 1 saturated heterocycles. The van der Waals surface area contributed by atoms with Crippen LogP contribution in [0.5, 0.6) is 5.75 Å². The Hall–Kier alpha value is -0.770. The van der Waals surface area contributed by atoms with E-state index in [4.69, 9.17) is 9.47 Å². The summed E-state index contributed by atoms with van der Waals surface area (Å²) in [6.45, 7) is 3.81. The average Bonchev–Trinajstić information content (AvgIpc) is 2.65. The molecule has 3 nitrogen and oxygen atoms in total. The molecule has 0 aromatic heterocycles. The van der Waals surface area contributed by atoms with E-state index in [9.17, 15) is 0 Å². The average molecular weight is 244 g/mol. The van der Waals surface area contributed by atoms with Crippen LogP contribution >= 0.6 is 12.4 Å². The zero-order chi connectivity index (χ0) is 10.7. The Balaban J connectivity index is 0.00000128. The molecule has 16 heavy (non-hydrogen) atoms. The van der Waals surface area contributed by atoms with Gasteiger partial charge in [0.05, 0.1) is 13.7 Å². The molecule has 1 atom stereocenters. The monoisotopic (exact) mass is 243 g/mol. The molecule has 0 amide bonds. The van der Waals surface area contributed by atoms with Crippen LogP contribution in [0.2, 0.25) is 0 Å². The van der Waals surface area contributed by atoms with Crippen molar-refractivity contribution in [1.29, 1.82) is 0 Å². The SMILES string of the molecule is COc1cccc(CC2(C)NCCO2)c1.Cl. The molecule has 0 spiro atoms. The van der Waals surface area contributed by atoms with Crippen molar-refractivity contribution in [2.45, 2.75) is 19.1 Å². The highest BCUT2D eigenvalue weighted by atomic mass is 35.5. The van der Waals surface area contributed by atoms with Gasteiger partial charge in [0.15, 0.2) is 0 Å². The van der Waals surface area contributed by atoms with Crippen LogP contribution in [0, 0.1) is 0 Å². The van der Waals surface area contributed by atoms with Crippen molar-refractivity contribution < 1.29 is 9.47 Å². The Bertz CT molecular complexity index is 338. The van der Waals surface area contributed by atoms with Gasteiger partial charge in [0.1, 0.15) is 11.5 Å². The minimum atomic E-state index is -0.216. The molecule has 1 aliphatic heterocycles. The number of halogens is 1. The maximum Gasteiger partial charge on any atom is 0.120 e. The van der Waals surface area contributed by atoms with Crippen LogP contribution in [-0.4, -0.2) is 26.0 Å². The van der Waals surface area contributed by atoms with Crippen LogP contribution in [-0.2, 0) is 11.2 Å². The first kappa shape index (κ1) is 13.3. The zero-order valence-electron chi connectivity index (χ0n) is 9.66. The second kappa shape index (κ2) is 5.53. The fourth-order valence-corrected chi connectivity index (χ4v) is 1.93. The highest BCUT2D eigenvalue weighted by molar-refractivity contribution is 5.85. The maximum atomic E-state index is 5.67. The lowest BCUT2D eigenvalue weighted by Gasteiger charge is -2.23. The summed E-state index contributed by atoms with van der Waals surface area (Å²) in [6.07, 6.45) is 0.865. The van der Waals surface area contributed by atoms with Gasteiger partial charge in [-0.3, -0.25) is 5.32 Å². The molecule has 90 valence electrons. The minimum absolute atomic E-state index is 0. The fraction of sp³-hybridized carbons (Fsp3) is 0.500. The van der Waals surface area contributed by atoms with Crippen molar-refractivity contribution >= 4 is 12.4 Å². The smallest absolute Gasteiger partial charge is 0.120 e. The molecule has 1 N–H and O–H groups in total. The first-order chi connectivity index (χ1) is 7.22. The van der Waals surface area contributed by atoms with E-state index in [1.807, 2.05) is 12.1 Å². The van der Waals surface area contributed by atoms with E-state index in [-0.39, 0.29) is 18.1 Å². The molecule has 0 saturated carbocycles. The highest BCUT2D eigenvalue weighted by Gasteiger charge is 2.29. The van der Waals surface area contributed by atoms with Gasteiger partial charge in [-0.25, -0.2) is 0 Å². The summed E-state index contributed by atoms with van der Waals surface area (Å²) in [6, 6.07) is 8.10. The third-order valence-electron chi connectivity index (χ3n) is 2.70. The van der Waals surface area contributed by atoms with E-state index in [1.54, 1.807) is 7.11 Å². The number of hydrogen-bond acceptors (Lipinski definition) is 3. The number of benzene rings is 1. The van der Waals surface area contributed by atoms with Gasteiger partial charge in [-0.05, 0) is 24.6 Å². The second-order valence-corrected chi connectivity index (χ2v) is 4.03. The topological polar surface area (TPSA) is 30.5 Å². The summed E-state index contributed by atoms with van der Waals surface area (Å²) in [4.78, 5) is 0. The molecule has 0 aliphatic carbocycles. The molecule has 1 unspecified atom stereocenters. The van der Waals surface area contributed by atoms with Crippen molar-refractivity contribution in [1.82, 2.24) is 5.32 Å². The fourth-order valence-electron chi connectivity index (χ4n) is 1.93. The van der Waals surface area contributed by atoms with Crippen molar-refractivity contribution in [2.24, 2.45) is 0 Å². The normalized spacial score (nSPS) is 23.9. The zero-order valence-corrected chi connectivity index (χ0v) is 10.5. The molecular weight excluding hydrogens is 226 g/mol. The van der Waals surface area contributed by atoms with Gasteiger partial charge in [0.2, 0.25) is 0 Å².